The Kier molecular flexibility index (Phi) is 4.84. The highest BCUT2D eigenvalue weighted by molar-refractivity contribution is 7.89. The van der Waals surface area contributed by atoms with Gasteiger partial charge in [-0.15, -0.1) is 0 Å². The predicted octanol–water partition coefficient (Wildman–Crippen LogP) is 1.65. The van der Waals surface area contributed by atoms with Gasteiger partial charge in [-0.05, 0) is 36.9 Å². The van der Waals surface area contributed by atoms with Gasteiger partial charge in [-0.3, -0.25) is 10.1 Å². The molecule has 2 rings (SSSR count). The van der Waals surface area contributed by atoms with Gasteiger partial charge in [-0.1, -0.05) is 13.8 Å². The Morgan fingerprint density at radius 1 is 1.32 bits per heavy atom. The minimum Gasteiger partial charge on any atom is -0.316 e. The molecule has 1 unspecified atom stereocenters. The van der Waals surface area contributed by atoms with Crippen LogP contribution in [0.5, 0.6) is 0 Å². The van der Waals surface area contributed by atoms with Crippen LogP contribution in [0.4, 0.5) is 5.69 Å². The van der Waals surface area contributed by atoms with Gasteiger partial charge in [0, 0.05) is 24.7 Å². The summed E-state index contributed by atoms with van der Waals surface area (Å²) in [4.78, 5) is 10.1. The number of sulfonamides is 1. The van der Waals surface area contributed by atoms with E-state index >= 15 is 0 Å². The van der Waals surface area contributed by atoms with Crippen LogP contribution in [0, 0.1) is 15.5 Å². The van der Waals surface area contributed by atoms with Gasteiger partial charge in [-0.25, -0.2) is 13.1 Å². The van der Waals surface area contributed by atoms with E-state index < -0.39 is 14.9 Å². The van der Waals surface area contributed by atoms with Crippen LogP contribution in [0.15, 0.2) is 29.2 Å². The summed E-state index contributed by atoms with van der Waals surface area (Å²) < 4.78 is 27.5. The summed E-state index contributed by atoms with van der Waals surface area (Å²) in [5.41, 5.74) is -0.113. The largest absolute Gasteiger partial charge is 0.316 e. The fourth-order valence-corrected chi connectivity index (χ4v) is 3.95. The van der Waals surface area contributed by atoms with Crippen LogP contribution >= 0.6 is 0 Å². The zero-order chi connectivity index (χ0) is 16.4. The lowest BCUT2D eigenvalue weighted by molar-refractivity contribution is -0.384. The minimum atomic E-state index is -3.67. The van der Waals surface area contributed by atoms with Gasteiger partial charge in [0.2, 0.25) is 10.0 Å². The van der Waals surface area contributed by atoms with Crippen LogP contribution in [0.2, 0.25) is 0 Å². The number of hydrogen-bond acceptors (Lipinski definition) is 5. The molecule has 8 heteroatoms. The zero-order valence-corrected chi connectivity index (χ0v) is 13.5. The Balaban J connectivity index is 2.14. The number of nitrogens with one attached hydrogen (secondary N) is 2. The van der Waals surface area contributed by atoms with Gasteiger partial charge < -0.3 is 5.32 Å². The first-order valence-electron chi connectivity index (χ1n) is 7.17. The van der Waals surface area contributed by atoms with Crippen molar-refractivity contribution >= 4 is 15.7 Å². The molecule has 7 nitrogen and oxygen atoms in total. The number of rotatable bonds is 4. The monoisotopic (exact) mass is 327 g/mol. The summed E-state index contributed by atoms with van der Waals surface area (Å²) in [7, 11) is -3.67. The number of nitro benzene ring substituents is 1. The highest BCUT2D eigenvalue weighted by atomic mass is 32.2. The van der Waals surface area contributed by atoms with Crippen molar-refractivity contribution in [2.24, 2.45) is 5.41 Å². The second-order valence-electron chi connectivity index (χ2n) is 6.40. The van der Waals surface area contributed by atoms with E-state index in [1.54, 1.807) is 0 Å². The van der Waals surface area contributed by atoms with E-state index in [0.717, 1.165) is 25.9 Å². The van der Waals surface area contributed by atoms with Crippen molar-refractivity contribution in [1.82, 2.24) is 10.0 Å². The fraction of sp³-hybridized carbons (Fsp3) is 0.571. The lowest BCUT2D eigenvalue weighted by Crippen LogP contribution is -2.37. The fourth-order valence-electron chi connectivity index (χ4n) is 2.68. The average Bonchev–Trinajstić information content (AvgIpc) is 2.58. The third kappa shape index (κ3) is 4.25. The maximum Gasteiger partial charge on any atom is 0.269 e. The number of benzene rings is 1. The van der Waals surface area contributed by atoms with Gasteiger partial charge in [0.25, 0.3) is 5.69 Å². The van der Waals surface area contributed by atoms with E-state index in [9.17, 15) is 18.5 Å². The molecule has 1 aliphatic rings. The molecule has 0 aromatic heterocycles. The van der Waals surface area contributed by atoms with Gasteiger partial charge in [-0.2, -0.15) is 0 Å². The van der Waals surface area contributed by atoms with E-state index in [1.807, 2.05) is 0 Å². The molecule has 0 amide bonds. The Labute approximate surface area is 130 Å². The Morgan fingerprint density at radius 3 is 2.55 bits per heavy atom. The second kappa shape index (κ2) is 6.31. The molecular formula is C14H21N3O4S. The highest BCUT2D eigenvalue weighted by Crippen LogP contribution is 2.26. The second-order valence-corrected chi connectivity index (χ2v) is 8.12. The highest BCUT2D eigenvalue weighted by Gasteiger charge is 2.29. The number of hydrogen-bond donors (Lipinski definition) is 2. The van der Waals surface area contributed by atoms with E-state index in [2.05, 4.69) is 23.9 Å². The zero-order valence-electron chi connectivity index (χ0n) is 12.7. The molecule has 122 valence electrons. The number of nitrogens with zero attached hydrogens (tertiary/aromatic N) is 1. The van der Waals surface area contributed by atoms with Crippen molar-refractivity contribution in [1.29, 1.82) is 0 Å². The molecule has 2 N–H and O–H groups in total. The predicted molar refractivity (Wildman–Crippen MR) is 83.1 cm³/mol. The molecule has 1 atom stereocenters. The number of non-ortho nitro benzene ring substituents is 1. The average molecular weight is 327 g/mol. The normalized spacial score (nSPS) is 22.0. The summed E-state index contributed by atoms with van der Waals surface area (Å²) >= 11 is 0. The maximum absolute atomic E-state index is 12.4. The van der Waals surface area contributed by atoms with Crippen LogP contribution < -0.4 is 10.0 Å². The summed E-state index contributed by atoms with van der Waals surface area (Å²) in [6, 6.07) is 4.78. The lowest BCUT2D eigenvalue weighted by atomic mass is 9.86. The molecule has 0 saturated carbocycles. The van der Waals surface area contributed by atoms with Gasteiger partial charge >= 0.3 is 0 Å². The summed E-state index contributed by atoms with van der Waals surface area (Å²) in [6.45, 7) is 5.80. The van der Waals surface area contributed by atoms with Crippen LogP contribution in [0.1, 0.15) is 26.7 Å². The molecule has 0 spiro atoms. The molecule has 1 aliphatic heterocycles. The molecule has 1 saturated heterocycles. The third-order valence-electron chi connectivity index (χ3n) is 3.75. The topological polar surface area (TPSA) is 101 Å². The van der Waals surface area contributed by atoms with Crippen molar-refractivity contribution in [3.05, 3.63) is 34.4 Å². The minimum absolute atomic E-state index is 0.0131. The molecule has 0 aliphatic carbocycles. The Morgan fingerprint density at radius 2 is 1.95 bits per heavy atom. The standard InChI is InChI=1S/C14H21N3O4S/c1-14(2)9-11(7-8-15-10-14)16-22(20,21)13-5-3-12(4-6-13)17(18)19/h3-6,11,15-16H,7-10H2,1-2H3. The van der Waals surface area contributed by atoms with Gasteiger partial charge in [0.05, 0.1) is 9.82 Å². The van der Waals surface area contributed by atoms with Gasteiger partial charge in [0.1, 0.15) is 0 Å². The molecule has 1 heterocycles. The van der Waals surface area contributed by atoms with Crippen LogP contribution in [0.25, 0.3) is 0 Å². The van der Waals surface area contributed by atoms with Crippen LogP contribution in [-0.4, -0.2) is 32.5 Å². The molecule has 1 aromatic rings. The summed E-state index contributed by atoms with van der Waals surface area (Å²) in [6.07, 6.45) is 1.46. The maximum atomic E-state index is 12.4. The summed E-state index contributed by atoms with van der Waals surface area (Å²) in [5.74, 6) is 0. The Bertz CT molecular complexity index is 641. The first-order valence-corrected chi connectivity index (χ1v) is 8.65. The van der Waals surface area contributed by atoms with Gasteiger partial charge in [0.15, 0.2) is 0 Å². The Hall–Kier alpha value is -1.51. The van der Waals surface area contributed by atoms with Crippen molar-refractivity contribution in [2.75, 3.05) is 13.1 Å². The van der Waals surface area contributed by atoms with Crippen molar-refractivity contribution in [3.63, 3.8) is 0 Å². The van der Waals surface area contributed by atoms with Crippen LogP contribution in [0.3, 0.4) is 0 Å². The summed E-state index contributed by atoms with van der Waals surface area (Å²) in [5, 5.41) is 13.9. The van der Waals surface area contributed by atoms with E-state index in [-0.39, 0.29) is 22.0 Å². The number of nitro groups is 1. The smallest absolute Gasteiger partial charge is 0.269 e. The van der Waals surface area contributed by atoms with Crippen molar-refractivity contribution < 1.29 is 13.3 Å². The first kappa shape index (κ1) is 16.9. The molecule has 1 aromatic carbocycles. The molecule has 0 bridgehead atoms. The SMILES string of the molecule is CC1(C)CNCCC(NS(=O)(=O)c2ccc([N+](=O)[O-])cc2)C1. The molecular weight excluding hydrogens is 306 g/mol. The third-order valence-corrected chi connectivity index (χ3v) is 5.29. The quantitative estimate of drug-likeness (QED) is 0.647. The van der Waals surface area contributed by atoms with Crippen molar-refractivity contribution in [3.8, 4) is 0 Å². The van der Waals surface area contributed by atoms with E-state index in [1.165, 1.54) is 24.3 Å². The molecule has 0 radical (unpaired) electrons. The van der Waals surface area contributed by atoms with Crippen LogP contribution in [-0.2, 0) is 10.0 Å². The molecule has 22 heavy (non-hydrogen) atoms. The lowest BCUT2D eigenvalue weighted by Gasteiger charge is -2.26. The van der Waals surface area contributed by atoms with E-state index in [0.29, 0.717) is 0 Å². The molecule has 1 fully saturated rings. The first-order chi connectivity index (χ1) is 10.2. The van der Waals surface area contributed by atoms with E-state index in [4.69, 9.17) is 0 Å². The van der Waals surface area contributed by atoms with Crippen molar-refractivity contribution in [2.45, 2.75) is 37.6 Å².